The highest BCUT2D eigenvalue weighted by atomic mass is 35.5. The van der Waals surface area contributed by atoms with Gasteiger partial charge in [0, 0.05) is 10.6 Å². The minimum Gasteiger partial charge on any atom is -0.487 e. The largest absolute Gasteiger partial charge is 0.487 e. The Morgan fingerprint density at radius 3 is 2.38 bits per heavy atom. The summed E-state index contributed by atoms with van der Waals surface area (Å²) >= 11 is 6.02. The van der Waals surface area contributed by atoms with Crippen molar-refractivity contribution >= 4 is 22.6 Å². The van der Waals surface area contributed by atoms with E-state index in [0.29, 0.717) is 28.4 Å². The van der Waals surface area contributed by atoms with Crippen LogP contribution in [0.25, 0.3) is 22.3 Å². The van der Waals surface area contributed by atoms with Crippen molar-refractivity contribution < 1.29 is 9.15 Å². The second kappa shape index (κ2) is 6.33. The molecule has 0 aliphatic rings. The second-order valence-electron chi connectivity index (χ2n) is 5.94. The van der Waals surface area contributed by atoms with Crippen LogP contribution < -0.4 is 10.2 Å². The van der Waals surface area contributed by atoms with E-state index in [0.717, 1.165) is 16.7 Å². The van der Waals surface area contributed by atoms with E-state index in [2.05, 4.69) is 12.1 Å². The van der Waals surface area contributed by atoms with Gasteiger partial charge in [-0.05, 0) is 57.0 Å². The molecule has 1 aromatic heterocycles. The molecule has 24 heavy (non-hydrogen) atoms. The van der Waals surface area contributed by atoms with Gasteiger partial charge in [-0.3, -0.25) is 4.79 Å². The smallest absolute Gasteiger partial charge is 0.235 e. The highest BCUT2D eigenvalue weighted by Crippen LogP contribution is 2.36. The van der Waals surface area contributed by atoms with Gasteiger partial charge in [-0.25, -0.2) is 0 Å². The summed E-state index contributed by atoms with van der Waals surface area (Å²) in [5.41, 5.74) is 4.46. The summed E-state index contributed by atoms with van der Waals surface area (Å²) in [6.45, 7) is 8.30. The molecule has 0 N–H and O–H groups in total. The molecule has 124 valence electrons. The number of ether oxygens (including phenoxy) is 1. The SMILES string of the molecule is CCOc1c(-c2c(C)cc(C)cc2C)oc2ccc(Cl)cc2c1=O. The zero-order valence-corrected chi connectivity index (χ0v) is 15.0. The molecule has 3 rings (SSSR count). The van der Waals surface area contributed by atoms with Gasteiger partial charge in [0.15, 0.2) is 5.76 Å². The van der Waals surface area contributed by atoms with Crippen molar-refractivity contribution in [2.75, 3.05) is 6.61 Å². The highest BCUT2D eigenvalue weighted by molar-refractivity contribution is 6.31. The van der Waals surface area contributed by atoms with Crippen LogP contribution in [0, 0.1) is 20.8 Å². The number of rotatable bonds is 3. The molecular formula is C20H19ClO3. The Hall–Kier alpha value is -2.26. The van der Waals surface area contributed by atoms with E-state index in [9.17, 15) is 4.79 Å². The molecule has 0 fully saturated rings. The number of hydrogen-bond donors (Lipinski definition) is 0. The van der Waals surface area contributed by atoms with Gasteiger partial charge in [0.25, 0.3) is 0 Å². The molecule has 3 nitrogen and oxygen atoms in total. The summed E-state index contributed by atoms with van der Waals surface area (Å²) in [7, 11) is 0. The summed E-state index contributed by atoms with van der Waals surface area (Å²) in [5, 5.41) is 0.921. The summed E-state index contributed by atoms with van der Waals surface area (Å²) in [4.78, 5) is 12.9. The molecule has 0 radical (unpaired) electrons. The molecule has 0 aliphatic carbocycles. The molecule has 0 atom stereocenters. The molecule has 2 aromatic carbocycles. The van der Waals surface area contributed by atoms with Crippen molar-refractivity contribution in [2.45, 2.75) is 27.7 Å². The van der Waals surface area contributed by atoms with Crippen LogP contribution in [0.2, 0.25) is 5.02 Å². The van der Waals surface area contributed by atoms with Gasteiger partial charge in [0.05, 0.1) is 12.0 Å². The lowest BCUT2D eigenvalue weighted by Gasteiger charge is -2.15. The van der Waals surface area contributed by atoms with Crippen LogP contribution >= 0.6 is 11.6 Å². The molecule has 0 bridgehead atoms. The van der Waals surface area contributed by atoms with Crippen LogP contribution in [0.1, 0.15) is 23.6 Å². The maximum absolute atomic E-state index is 12.9. The quantitative estimate of drug-likeness (QED) is 0.636. The van der Waals surface area contributed by atoms with Crippen LogP contribution in [-0.2, 0) is 0 Å². The Kier molecular flexibility index (Phi) is 4.37. The molecule has 0 aliphatic heterocycles. The lowest BCUT2D eigenvalue weighted by molar-refractivity contribution is 0.330. The van der Waals surface area contributed by atoms with Gasteiger partial charge in [-0.15, -0.1) is 0 Å². The average molecular weight is 343 g/mol. The van der Waals surface area contributed by atoms with E-state index in [-0.39, 0.29) is 11.2 Å². The Labute approximate surface area is 145 Å². The maximum atomic E-state index is 12.9. The lowest BCUT2D eigenvalue weighted by Crippen LogP contribution is -2.10. The summed E-state index contributed by atoms with van der Waals surface area (Å²) in [6, 6.07) is 9.20. The fraction of sp³-hybridized carbons (Fsp3) is 0.250. The van der Waals surface area contributed by atoms with Crippen molar-refractivity contribution in [2.24, 2.45) is 0 Å². The van der Waals surface area contributed by atoms with Crippen molar-refractivity contribution in [1.82, 2.24) is 0 Å². The topological polar surface area (TPSA) is 39.4 Å². The number of aryl methyl sites for hydroxylation is 3. The molecule has 0 saturated carbocycles. The number of fused-ring (bicyclic) bond motifs is 1. The number of benzene rings is 2. The van der Waals surface area contributed by atoms with Gasteiger partial charge < -0.3 is 9.15 Å². The predicted molar refractivity (Wildman–Crippen MR) is 98.3 cm³/mol. The molecule has 0 spiro atoms. The van der Waals surface area contributed by atoms with Gasteiger partial charge in [0.2, 0.25) is 11.2 Å². The zero-order valence-electron chi connectivity index (χ0n) is 14.2. The van der Waals surface area contributed by atoms with Crippen molar-refractivity contribution in [1.29, 1.82) is 0 Å². The monoisotopic (exact) mass is 342 g/mol. The first kappa shape index (κ1) is 16.6. The highest BCUT2D eigenvalue weighted by Gasteiger charge is 2.20. The minimum atomic E-state index is -0.199. The minimum absolute atomic E-state index is 0.199. The maximum Gasteiger partial charge on any atom is 0.235 e. The van der Waals surface area contributed by atoms with Crippen LogP contribution in [0.3, 0.4) is 0 Å². The van der Waals surface area contributed by atoms with E-state index in [1.165, 1.54) is 5.56 Å². The molecule has 4 heteroatoms. The molecule has 0 unspecified atom stereocenters. The molecular weight excluding hydrogens is 324 g/mol. The van der Waals surface area contributed by atoms with Crippen molar-refractivity contribution in [3.8, 4) is 17.1 Å². The van der Waals surface area contributed by atoms with Crippen LogP contribution in [-0.4, -0.2) is 6.61 Å². The Morgan fingerprint density at radius 1 is 1.08 bits per heavy atom. The van der Waals surface area contributed by atoms with E-state index < -0.39 is 0 Å². The van der Waals surface area contributed by atoms with Gasteiger partial charge in [0.1, 0.15) is 5.58 Å². The Balaban J connectivity index is 2.42. The van der Waals surface area contributed by atoms with Gasteiger partial charge in [-0.1, -0.05) is 29.3 Å². The summed E-state index contributed by atoms with van der Waals surface area (Å²) in [5.74, 6) is 0.717. The van der Waals surface area contributed by atoms with E-state index in [4.69, 9.17) is 20.8 Å². The van der Waals surface area contributed by atoms with Crippen LogP contribution in [0.5, 0.6) is 5.75 Å². The number of halogens is 1. The first-order valence-electron chi connectivity index (χ1n) is 7.89. The lowest BCUT2D eigenvalue weighted by atomic mass is 9.97. The standard InChI is InChI=1S/C20H19ClO3/c1-5-23-20-18(22)15-10-14(21)6-7-16(15)24-19(20)17-12(3)8-11(2)9-13(17)4/h6-10H,5H2,1-4H3. The van der Waals surface area contributed by atoms with Crippen molar-refractivity contribution in [3.05, 3.63) is 62.3 Å². The normalized spacial score (nSPS) is 11.0. The zero-order chi connectivity index (χ0) is 17.4. The molecule has 0 saturated heterocycles. The molecule has 3 aromatic rings. The molecule has 0 amide bonds. The van der Waals surface area contributed by atoms with Crippen LogP contribution in [0.15, 0.2) is 39.5 Å². The summed E-state index contributed by atoms with van der Waals surface area (Å²) in [6.07, 6.45) is 0. The fourth-order valence-electron chi connectivity index (χ4n) is 3.13. The Bertz CT molecular complexity index is 963. The van der Waals surface area contributed by atoms with E-state index >= 15 is 0 Å². The second-order valence-corrected chi connectivity index (χ2v) is 6.37. The van der Waals surface area contributed by atoms with Gasteiger partial charge >= 0.3 is 0 Å². The first-order valence-corrected chi connectivity index (χ1v) is 8.27. The first-order chi connectivity index (χ1) is 11.4. The van der Waals surface area contributed by atoms with Gasteiger partial charge in [-0.2, -0.15) is 0 Å². The predicted octanol–water partition coefficient (Wildman–Crippen LogP) is 5.44. The third-order valence-corrected chi connectivity index (χ3v) is 4.24. The number of hydrogen-bond acceptors (Lipinski definition) is 3. The third-order valence-electron chi connectivity index (χ3n) is 4.00. The van der Waals surface area contributed by atoms with E-state index in [1.807, 2.05) is 27.7 Å². The van der Waals surface area contributed by atoms with Crippen LogP contribution in [0.4, 0.5) is 0 Å². The summed E-state index contributed by atoms with van der Waals surface area (Å²) < 4.78 is 11.7. The Morgan fingerprint density at radius 2 is 1.75 bits per heavy atom. The fourth-order valence-corrected chi connectivity index (χ4v) is 3.30. The average Bonchev–Trinajstić information content (AvgIpc) is 2.50. The molecule has 1 heterocycles. The van der Waals surface area contributed by atoms with E-state index in [1.54, 1.807) is 18.2 Å². The van der Waals surface area contributed by atoms with Crippen molar-refractivity contribution in [3.63, 3.8) is 0 Å². The third kappa shape index (κ3) is 2.80.